The van der Waals surface area contributed by atoms with E-state index < -0.39 is 27.7 Å². The third-order valence-corrected chi connectivity index (χ3v) is 5.24. The van der Waals surface area contributed by atoms with Gasteiger partial charge in [-0.1, -0.05) is 36.4 Å². The first-order valence-electron chi connectivity index (χ1n) is 7.63. The van der Waals surface area contributed by atoms with Gasteiger partial charge in [0.25, 0.3) is 0 Å². The van der Waals surface area contributed by atoms with Crippen LogP contribution in [0.25, 0.3) is 11.1 Å². The summed E-state index contributed by atoms with van der Waals surface area (Å²) in [5, 5.41) is 0. The smallest absolute Gasteiger partial charge is 0.224 e. The molecule has 3 rings (SSSR count). The van der Waals surface area contributed by atoms with Gasteiger partial charge in [0.15, 0.2) is 9.84 Å². The fourth-order valence-electron chi connectivity index (χ4n) is 2.79. The summed E-state index contributed by atoms with van der Waals surface area (Å²) in [6.07, 6.45) is -1.21. The van der Waals surface area contributed by atoms with Crippen molar-refractivity contribution < 1.29 is 26.0 Å². The van der Waals surface area contributed by atoms with Gasteiger partial charge in [-0.05, 0) is 46.5 Å². The van der Waals surface area contributed by atoms with Crippen LogP contribution in [-0.2, 0) is 9.84 Å². The average Bonchev–Trinajstić information content (AvgIpc) is 3.00. The molecule has 0 aliphatic heterocycles. The molecular formula is C19H14F4O2S. The zero-order chi connectivity index (χ0) is 19.1. The van der Waals surface area contributed by atoms with E-state index in [0.29, 0.717) is 22.3 Å². The Bertz CT molecular complexity index is 983. The van der Waals surface area contributed by atoms with Crippen LogP contribution >= 0.6 is 0 Å². The highest BCUT2D eigenvalue weighted by atomic mass is 32.2. The molecule has 7 heteroatoms. The van der Waals surface area contributed by atoms with Gasteiger partial charge in [0.2, 0.25) is 0 Å². The van der Waals surface area contributed by atoms with Gasteiger partial charge in [-0.15, -0.1) is 0 Å². The number of hydrogen-bond donors (Lipinski definition) is 0. The number of allylic oxidation sites excluding steroid dienone is 4. The van der Waals surface area contributed by atoms with Crippen molar-refractivity contribution in [3.63, 3.8) is 0 Å². The number of hydrogen-bond acceptors (Lipinski definition) is 2. The van der Waals surface area contributed by atoms with Crippen LogP contribution < -0.4 is 0 Å². The van der Waals surface area contributed by atoms with E-state index in [2.05, 4.69) is 0 Å². The maximum absolute atomic E-state index is 13.2. The highest BCUT2D eigenvalue weighted by Gasteiger charge is 2.40. The van der Waals surface area contributed by atoms with E-state index in [-0.39, 0.29) is 4.90 Å². The first kappa shape index (κ1) is 18.4. The van der Waals surface area contributed by atoms with Gasteiger partial charge in [0.05, 0.1) is 10.8 Å². The zero-order valence-electron chi connectivity index (χ0n) is 13.6. The third kappa shape index (κ3) is 3.72. The van der Waals surface area contributed by atoms with Crippen LogP contribution in [0.2, 0.25) is 0 Å². The summed E-state index contributed by atoms with van der Waals surface area (Å²) in [5.41, 5.74) is 1.58. The average molecular weight is 382 g/mol. The molecule has 0 radical (unpaired) electrons. The van der Waals surface area contributed by atoms with E-state index in [4.69, 9.17) is 0 Å². The van der Waals surface area contributed by atoms with Crippen molar-refractivity contribution in [2.24, 2.45) is 5.92 Å². The van der Waals surface area contributed by atoms with E-state index >= 15 is 0 Å². The molecule has 26 heavy (non-hydrogen) atoms. The lowest BCUT2D eigenvalue weighted by Gasteiger charge is -2.10. The van der Waals surface area contributed by atoms with Gasteiger partial charge in [0, 0.05) is 6.26 Å². The first-order valence-corrected chi connectivity index (χ1v) is 9.52. The minimum Gasteiger partial charge on any atom is -0.224 e. The van der Waals surface area contributed by atoms with E-state index in [1.807, 2.05) is 0 Å². The van der Waals surface area contributed by atoms with Crippen LogP contribution in [0, 0.1) is 11.7 Å². The highest BCUT2D eigenvalue weighted by molar-refractivity contribution is 7.90. The molecule has 2 aromatic carbocycles. The molecule has 0 N–H and O–H groups in total. The number of rotatable bonds is 3. The van der Waals surface area contributed by atoms with Crippen molar-refractivity contribution in [3.8, 4) is 0 Å². The van der Waals surface area contributed by atoms with Crippen LogP contribution in [0.4, 0.5) is 17.6 Å². The topological polar surface area (TPSA) is 34.1 Å². The van der Waals surface area contributed by atoms with Crippen molar-refractivity contribution >= 4 is 21.0 Å². The Balaban J connectivity index is 2.07. The van der Waals surface area contributed by atoms with Gasteiger partial charge in [-0.25, -0.2) is 12.8 Å². The molecule has 2 aromatic rings. The largest absolute Gasteiger partial charge is 0.398 e. The summed E-state index contributed by atoms with van der Waals surface area (Å²) in [4.78, 5) is 0.0829. The van der Waals surface area contributed by atoms with Crippen molar-refractivity contribution in [2.75, 3.05) is 6.26 Å². The Labute approximate surface area is 148 Å². The fraction of sp³-hybridized carbons (Fsp3) is 0.158. The van der Waals surface area contributed by atoms with Crippen LogP contribution in [-0.4, -0.2) is 20.8 Å². The Hall–Kier alpha value is -2.41. The minimum atomic E-state index is -4.44. The van der Waals surface area contributed by atoms with Crippen molar-refractivity contribution in [1.82, 2.24) is 0 Å². The maximum atomic E-state index is 13.2. The third-order valence-electron chi connectivity index (χ3n) is 4.11. The number of sulfone groups is 1. The quantitative estimate of drug-likeness (QED) is 0.709. The molecule has 136 valence electrons. The Morgan fingerprint density at radius 2 is 1.23 bits per heavy atom. The molecule has 0 bridgehead atoms. The molecule has 1 atom stereocenters. The lowest BCUT2D eigenvalue weighted by Crippen LogP contribution is -2.17. The SMILES string of the molecule is CS(=O)(=O)c1ccc(C2=CC(C(F)(F)F)C=C2c2ccc(F)cc2)cc1. The Morgan fingerprint density at radius 3 is 1.62 bits per heavy atom. The molecule has 2 nitrogen and oxygen atoms in total. The van der Waals surface area contributed by atoms with Crippen LogP contribution in [0.3, 0.4) is 0 Å². The molecule has 0 amide bonds. The summed E-state index contributed by atoms with van der Waals surface area (Å²) in [6.45, 7) is 0. The van der Waals surface area contributed by atoms with Crippen LogP contribution in [0.15, 0.2) is 65.6 Å². The van der Waals surface area contributed by atoms with Gasteiger partial charge in [-0.2, -0.15) is 13.2 Å². The predicted molar refractivity (Wildman–Crippen MR) is 91.5 cm³/mol. The molecule has 0 saturated carbocycles. The molecule has 1 aliphatic rings. The second-order valence-corrected chi connectivity index (χ2v) is 8.05. The van der Waals surface area contributed by atoms with Gasteiger partial charge in [0.1, 0.15) is 5.82 Å². The van der Waals surface area contributed by atoms with Gasteiger partial charge in [-0.3, -0.25) is 0 Å². The molecule has 0 saturated heterocycles. The second-order valence-electron chi connectivity index (χ2n) is 6.03. The first-order chi connectivity index (χ1) is 12.1. The van der Waals surface area contributed by atoms with E-state index in [1.54, 1.807) is 0 Å². The van der Waals surface area contributed by atoms with E-state index in [1.165, 1.54) is 48.5 Å². The van der Waals surface area contributed by atoms with Gasteiger partial charge >= 0.3 is 6.18 Å². The summed E-state index contributed by atoms with van der Waals surface area (Å²) < 4.78 is 75.8. The normalized spacial score (nSPS) is 17.8. The number of halogens is 4. The summed E-state index contributed by atoms with van der Waals surface area (Å²) in [7, 11) is -3.40. The lowest BCUT2D eigenvalue weighted by atomic mass is 9.95. The number of benzene rings is 2. The van der Waals surface area contributed by atoms with Crippen molar-refractivity contribution in [1.29, 1.82) is 0 Å². The minimum absolute atomic E-state index is 0.0829. The zero-order valence-corrected chi connectivity index (χ0v) is 14.4. The summed E-state index contributed by atoms with van der Waals surface area (Å²) >= 11 is 0. The predicted octanol–water partition coefficient (Wildman–Crippen LogP) is 4.89. The molecule has 0 fully saturated rings. The fourth-order valence-corrected chi connectivity index (χ4v) is 3.42. The molecule has 1 unspecified atom stereocenters. The standard InChI is InChI=1S/C19H14F4O2S/c1-26(24,25)16-8-4-13(5-9-16)18-11-14(19(21,22)23)10-17(18)12-2-6-15(20)7-3-12/h2-11,14H,1H3. The van der Waals surface area contributed by atoms with Crippen LogP contribution in [0.1, 0.15) is 11.1 Å². The van der Waals surface area contributed by atoms with Crippen molar-refractivity contribution in [3.05, 3.63) is 77.6 Å². The highest BCUT2D eigenvalue weighted by Crippen LogP contribution is 2.44. The van der Waals surface area contributed by atoms with Gasteiger partial charge < -0.3 is 0 Å². The Morgan fingerprint density at radius 1 is 0.808 bits per heavy atom. The monoisotopic (exact) mass is 382 g/mol. The molecule has 1 aliphatic carbocycles. The summed E-state index contributed by atoms with van der Waals surface area (Å²) in [6, 6.07) is 10.8. The van der Waals surface area contributed by atoms with E-state index in [9.17, 15) is 26.0 Å². The number of alkyl halides is 3. The lowest BCUT2D eigenvalue weighted by molar-refractivity contribution is -0.148. The van der Waals surface area contributed by atoms with E-state index in [0.717, 1.165) is 18.4 Å². The van der Waals surface area contributed by atoms with Crippen LogP contribution in [0.5, 0.6) is 0 Å². The maximum Gasteiger partial charge on any atom is 0.398 e. The summed E-state index contributed by atoms with van der Waals surface area (Å²) in [5.74, 6) is -2.24. The van der Waals surface area contributed by atoms with Crippen molar-refractivity contribution in [2.45, 2.75) is 11.1 Å². The molecule has 0 aromatic heterocycles. The molecular weight excluding hydrogens is 368 g/mol. The molecule has 0 spiro atoms. The second kappa shape index (κ2) is 6.39. The Kier molecular flexibility index (Phi) is 4.52. The molecule has 0 heterocycles.